The van der Waals surface area contributed by atoms with Gasteiger partial charge in [-0.05, 0) is 55.3 Å². The number of anilines is 1. The molecule has 2 N–H and O–H groups in total. The lowest BCUT2D eigenvalue weighted by molar-refractivity contribution is -0.200. The Labute approximate surface area is 235 Å². The van der Waals surface area contributed by atoms with E-state index in [0.29, 0.717) is 35.0 Å². The molecule has 1 amide bonds. The zero-order valence-corrected chi connectivity index (χ0v) is 22.9. The molecular weight excluding hydrogens is 502 g/mol. The van der Waals surface area contributed by atoms with Crippen molar-refractivity contribution in [1.29, 1.82) is 5.26 Å². The standard InChI is InChI=1S/C32H35N5O3/c1-21(15-33)16-34-30-26-14-23(7-6-22(26)8-13-29(30)39-2)27-4-3-5-28(36-27)31(38)35-24-9-11-25(12-10-24)37-17-32(18-37)19-40-20-32/h3-8,13-14,24-25,34H,1,9-12,16-20H2,2H3,(H,35,38). The minimum absolute atomic E-state index is 0.125. The van der Waals surface area contributed by atoms with Gasteiger partial charge in [0.2, 0.25) is 0 Å². The highest BCUT2D eigenvalue weighted by Crippen LogP contribution is 2.41. The van der Waals surface area contributed by atoms with Crippen LogP contribution in [0.3, 0.4) is 0 Å². The largest absolute Gasteiger partial charge is 0.495 e. The Bertz CT molecular complexity index is 1480. The summed E-state index contributed by atoms with van der Waals surface area (Å²) >= 11 is 0. The molecule has 1 saturated carbocycles. The molecule has 3 aliphatic rings. The topological polar surface area (TPSA) is 99.5 Å². The molecule has 2 aromatic carbocycles. The number of ether oxygens (including phenoxy) is 2. The molecule has 2 saturated heterocycles. The Morgan fingerprint density at radius 1 is 1.18 bits per heavy atom. The molecule has 3 fully saturated rings. The van der Waals surface area contributed by atoms with Crippen molar-refractivity contribution < 1.29 is 14.3 Å². The molecule has 0 unspecified atom stereocenters. The number of rotatable bonds is 8. The minimum atomic E-state index is -0.125. The molecule has 0 radical (unpaired) electrons. The molecule has 206 valence electrons. The number of likely N-dealkylation sites (tertiary alicyclic amines) is 1. The SMILES string of the molecule is C=C(C#N)CNc1c(OC)ccc2ccc(-c3cccc(C(=O)NC4CCC(N5CC6(COC6)C5)CC4)n3)cc12. The summed E-state index contributed by atoms with van der Waals surface area (Å²) in [6, 6.07) is 18.4. The second-order valence-corrected chi connectivity index (χ2v) is 11.4. The summed E-state index contributed by atoms with van der Waals surface area (Å²) in [5.74, 6) is 0.552. The van der Waals surface area contributed by atoms with E-state index in [4.69, 9.17) is 19.7 Å². The smallest absolute Gasteiger partial charge is 0.270 e. The monoisotopic (exact) mass is 537 g/mol. The average molecular weight is 538 g/mol. The first kappa shape index (κ1) is 26.3. The molecule has 3 heterocycles. The fourth-order valence-electron chi connectivity index (χ4n) is 6.26. The molecule has 8 heteroatoms. The second-order valence-electron chi connectivity index (χ2n) is 11.4. The number of amides is 1. The Kier molecular flexibility index (Phi) is 7.18. The number of aromatic nitrogens is 1. The quantitative estimate of drug-likeness (QED) is 0.399. The van der Waals surface area contributed by atoms with Crippen molar-refractivity contribution >= 4 is 22.4 Å². The summed E-state index contributed by atoms with van der Waals surface area (Å²) < 4.78 is 11.0. The first-order valence-electron chi connectivity index (χ1n) is 14.0. The highest BCUT2D eigenvalue weighted by Gasteiger charge is 2.50. The Morgan fingerprint density at radius 3 is 2.65 bits per heavy atom. The number of hydrogen-bond acceptors (Lipinski definition) is 7. The third kappa shape index (κ3) is 5.15. The number of carbonyl (C=O) groups is 1. The number of fused-ring (bicyclic) bond motifs is 1. The number of hydrogen-bond donors (Lipinski definition) is 2. The zero-order valence-electron chi connectivity index (χ0n) is 22.9. The number of methoxy groups -OCH3 is 1. The fourth-order valence-corrected chi connectivity index (χ4v) is 6.26. The Balaban J connectivity index is 1.14. The van der Waals surface area contributed by atoms with Gasteiger partial charge in [0.15, 0.2) is 0 Å². The van der Waals surface area contributed by atoms with Crippen LogP contribution in [0.4, 0.5) is 5.69 Å². The highest BCUT2D eigenvalue weighted by molar-refractivity contribution is 5.99. The maximum atomic E-state index is 13.2. The van der Waals surface area contributed by atoms with E-state index in [0.717, 1.165) is 66.6 Å². The van der Waals surface area contributed by atoms with Crippen LogP contribution in [0.15, 0.2) is 60.7 Å². The van der Waals surface area contributed by atoms with Crippen LogP contribution in [0.25, 0.3) is 22.0 Å². The molecule has 3 aromatic rings. The number of pyridine rings is 1. The molecule has 1 spiro atoms. The maximum Gasteiger partial charge on any atom is 0.270 e. The van der Waals surface area contributed by atoms with E-state index in [1.807, 2.05) is 42.5 Å². The van der Waals surface area contributed by atoms with Gasteiger partial charge in [0.1, 0.15) is 11.4 Å². The van der Waals surface area contributed by atoms with Gasteiger partial charge in [-0.15, -0.1) is 0 Å². The summed E-state index contributed by atoms with van der Waals surface area (Å²) in [6.45, 7) is 8.26. The van der Waals surface area contributed by atoms with E-state index in [-0.39, 0.29) is 11.9 Å². The van der Waals surface area contributed by atoms with Gasteiger partial charge < -0.3 is 20.1 Å². The molecule has 40 heavy (non-hydrogen) atoms. The van der Waals surface area contributed by atoms with E-state index in [2.05, 4.69) is 28.2 Å². The van der Waals surface area contributed by atoms with Gasteiger partial charge in [-0.2, -0.15) is 5.26 Å². The minimum Gasteiger partial charge on any atom is -0.495 e. The van der Waals surface area contributed by atoms with Crippen molar-refractivity contribution in [2.75, 3.05) is 45.3 Å². The number of benzene rings is 2. The Morgan fingerprint density at radius 2 is 1.95 bits per heavy atom. The van der Waals surface area contributed by atoms with E-state index in [1.54, 1.807) is 13.2 Å². The fraction of sp³-hybridized carbons (Fsp3) is 0.406. The predicted molar refractivity (Wildman–Crippen MR) is 155 cm³/mol. The number of nitrogens with one attached hydrogen (secondary N) is 2. The maximum absolute atomic E-state index is 13.2. The van der Waals surface area contributed by atoms with Gasteiger partial charge >= 0.3 is 0 Å². The van der Waals surface area contributed by atoms with Crippen LogP contribution >= 0.6 is 0 Å². The number of nitrogens with zero attached hydrogens (tertiary/aromatic N) is 3. The normalized spacial score (nSPS) is 21.6. The zero-order chi connectivity index (χ0) is 27.7. The predicted octanol–water partition coefficient (Wildman–Crippen LogP) is 4.78. The molecule has 6 rings (SSSR count). The van der Waals surface area contributed by atoms with Crippen molar-refractivity contribution in [2.24, 2.45) is 5.41 Å². The van der Waals surface area contributed by atoms with Crippen molar-refractivity contribution in [2.45, 2.75) is 37.8 Å². The number of nitriles is 1. The van der Waals surface area contributed by atoms with Crippen LogP contribution in [-0.2, 0) is 4.74 Å². The Hall–Kier alpha value is -3.93. The van der Waals surface area contributed by atoms with E-state index >= 15 is 0 Å². The second kappa shape index (κ2) is 10.9. The van der Waals surface area contributed by atoms with Crippen LogP contribution in [0.1, 0.15) is 36.2 Å². The number of carbonyl (C=O) groups excluding carboxylic acids is 1. The highest BCUT2D eigenvalue weighted by atomic mass is 16.5. The molecule has 8 nitrogen and oxygen atoms in total. The summed E-state index contributed by atoms with van der Waals surface area (Å²) in [7, 11) is 1.62. The lowest BCUT2D eigenvalue weighted by atomic mass is 9.75. The van der Waals surface area contributed by atoms with Crippen LogP contribution in [0.2, 0.25) is 0 Å². The van der Waals surface area contributed by atoms with Gasteiger partial charge in [0.05, 0.1) is 37.8 Å². The van der Waals surface area contributed by atoms with Crippen molar-refractivity contribution in [3.05, 3.63) is 66.4 Å². The van der Waals surface area contributed by atoms with E-state index in [9.17, 15) is 4.79 Å². The van der Waals surface area contributed by atoms with E-state index in [1.165, 1.54) is 13.1 Å². The first-order valence-corrected chi connectivity index (χ1v) is 14.0. The summed E-state index contributed by atoms with van der Waals surface area (Å²) in [5.41, 5.74) is 3.70. The van der Waals surface area contributed by atoms with Gasteiger partial charge in [-0.1, -0.05) is 30.8 Å². The summed E-state index contributed by atoms with van der Waals surface area (Å²) in [4.78, 5) is 20.5. The third-order valence-electron chi connectivity index (χ3n) is 8.56. The molecule has 1 aromatic heterocycles. The first-order chi connectivity index (χ1) is 19.5. The van der Waals surface area contributed by atoms with Gasteiger partial charge in [0.25, 0.3) is 5.91 Å². The van der Waals surface area contributed by atoms with Crippen molar-refractivity contribution in [1.82, 2.24) is 15.2 Å². The van der Waals surface area contributed by atoms with Gasteiger partial charge in [-0.25, -0.2) is 4.98 Å². The van der Waals surface area contributed by atoms with Crippen LogP contribution in [0.5, 0.6) is 5.75 Å². The lowest BCUT2D eigenvalue weighted by Crippen LogP contribution is -2.68. The van der Waals surface area contributed by atoms with Crippen molar-refractivity contribution in [3.63, 3.8) is 0 Å². The molecule has 1 aliphatic carbocycles. The summed E-state index contributed by atoms with van der Waals surface area (Å²) in [5, 5.41) is 17.6. The van der Waals surface area contributed by atoms with E-state index < -0.39 is 0 Å². The van der Waals surface area contributed by atoms with Crippen LogP contribution in [-0.4, -0.2) is 67.8 Å². The molecule has 2 aliphatic heterocycles. The lowest BCUT2D eigenvalue weighted by Gasteiger charge is -2.58. The van der Waals surface area contributed by atoms with Crippen LogP contribution < -0.4 is 15.4 Å². The van der Waals surface area contributed by atoms with Gasteiger partial charge in [0, 0.05) is 53.7 Å². The van der Waals surface area contributed by atoms with Crippen molar-refractivity contribution in [3.8, 4) is 23.1 Å². The molecule has 0 bridgehead atoms. The average Bonchev–Trinajstić information content (AvgIpc) is 2.94. The summed E-state index contributed by atoms with van der Waals surface area (Å²) in [6.07, 6.45) is 4.23. The molecule has 0 atom stereocenters. The van der Waals surface area contributed by atoms with Gasteiger partial charge in [-0.3, -0.25) is 9.69 Å². The molecular formula is C32H35N5O3. The van der Waals surface area contributed by atoms with Crippen LogP contribution in [0, 0.1) is 16.7 Å². The third-order valence-corrected chi connectivity index (χ3v) is 8.56.